The van der Waals surface area contributed by atoms with Crippen molar-refractivity contribution in [2.24, 2.45) is 5.92 Å². The molecule has 92 valence electrons. The minimum absolute atomic E-state index is 0.675. The summed E-state index contributed by atoms with van der Waals surface area (Å²) in [5.74, 6) is 0.675. The Morgan fingerprint density at radius 3 is 2.76 bits per heavy atom. The van der Waals surface area contributed by atoms with Crippen LogP contribution in [0.1, 0.15) is 26.5 Å². The third-order valence-electron chi connectivity index (χ3n) is 2.88. The van der Waals surface area contributed by atoms with Crippen LogP contribution in [0.25, 0.3) is 10.9 Å². The Morgan fingerprint density at radius 1 is 1.29 bits per heavy atom. The SMILES string of the molecule is CCn1nc(CNCC(C)C)c2ccccc21. The van der Waals surface area contributed by atoms with E-state index in [0.29, 0.717) is 5.92 Å². The molecule has 0 fully saturated rings. The lowest BCUT2D eigenvalue weighted by Crippen LogP contribution is -2.19. The average Bonchev–Trinajstić information content (AvgIpc) is 2.68. The van der Waals surface area contributed by atoms with Gasteiger partial charge in [0.25, 0.3) is 0 Å². The van der Waals surface area contributed by atoms with Crippen molar-refractivity contribution in [3.05, 3.63) is 30.0 Å². The van der Waals surface area contributed by atoms with Crippen LogP contribution in [0.3, 0.4) is 0 Å². The quantitative estimate of drug-likeness (QED) is 0.857. The van der Waals surface area contributed by atoms with E-state index in [-0.39, 0.29) is 0 Å². The molecule has 0 unspecified atom stereocenters. The maximum atomic E-state index is 4.66. The first-order chi connectivity index (χ1) is 8.22. The Hall–Kier alpha value is -1.35. The zero-order chi connectivity index (χ0) is 12.3. The summed E-state index contributed by atoms with van der Waals surface area (Å²) >= 11 is 0. The lowest BCUT2D eigenvalue weighted by molar-refractivity contribution is 0.543. The van der Waals surface area contributed by atoms with Gasteiger partial charge in [0, 0.05) is 18.5 Å². The highest BCUT2D eigenvalue weighted by molar-refractivity contribution is 5.81. The van der Waals surface area contributed by atoms with Gasteiger partial charge in [0.15, 0.2) is 0 Å². The number of rotatable bonds is 5. The van der Waals surface area contributed by atoms with Gasteiger partial charge in [-0.15, -0.1) is 0 Å². The number of hydrogen-bond donors (Lipinski definition) is 1. The molecule has 17 heavy (non-hydrogen) atoms. The first-order valence-electron chi connectivity index (χ1n) is 6.37. The number of fused-ring (bicyclic) bond motifs is 1. The number of hydrogen-bond acceptors (Lipinski definition) is 2. The highest BCUT2D eigenvalue weighted by Gasteiger charge is 2.08. The van der Waals surface area contributed by atoms with Gasteiger partial charge < -0.3 is 5.32 Å². The molecule has 0 bridgehead atoms. The molecule has 3 nitrogen and oxygen atoms in total. The van der Waals surface area contributed by atoms with Crippen LogP contribution in [0.2, 0.25) is 0 Å². The summed E-state index contributed by atoms with van der Waals surface area (Å²) in [7, 11) is 0. The predicted octanol–water partition coefficient (Wildman–Crippen LogP) is 2.80. The summed E-state index contributed by atoms with van der Waals surface area (Å²) in [6.45, 7) is 9.37. The first-order valence-corrected chi connectivity index (χ1v) is 6.37. The molecule has 2 rings (SSSR count). The van der Waals surface area contributed by atoms with Crippen molar-refractivity contribution < 1.29 is 0 Å². The molecule has 0 radical (unpaired) electrons. The second kappa shape index (κ2) is 5.32. The maximum Gasteiger partial charge on any atom is 0.0841 e. The zero-order valence-corrected chi connectivity index (χ0v) is 10.9. The van der Waals surface area contributed by atoms with Gasteiger partial charge in [0.2, 0.25) is 0 Å². The van der Waals surface area contributed by atoms with Gasteiger partial charge in [-0.2, -0.15) is 5.10 Å². The predicted molar refractivity (Wildman–Crippen MR) is 72.0 cm³/mol. The van der Waals surface area contributed by atoms with Crippen LogP contribution in [-0.4, -0.2) is 16.3 Å². The molecule has 0 saturated heterocycles. The van der Waals surface area contributed by atoms with Gasteiger partial charge in [-0.1, -0.05) is 32.0 Å². The van der Waals surface area contributed by atoms with Crippen LogP contribution in [-0.2, 0) is 13.1 Å². The van der Waals surface area contributed by atoms with Gasteiger partial charge in [-0.25, -0.2) is 0 Å². The van der Waals surface area contributed by atoms with Crippen molar-refractivity contribution >= 4 is 10.9 Å². The summed E-state index contributed by atoms with van der Waals surface area (Å²) in [6, 6.07) is 8.44. The Kier molecular flexibility index (Phi) is 3.79. The van der Waals surface area contributed by atoms with Gasteiger partial charge in [0.05, 0.1) is 11.2 Å². The van der Waals surface area contributed by atoms with Crippen LogP contribution in [0.15, 0.2) is 24.3 Å². The first kappa shape index (κ1) is 12.1. The average molecular weight is 231 g/mol. The molecule has 1 N–H and O–H groups in total. The number of aryl methyl sites for hydroxylation is 1. The fourth-order valence-electron chi connectivity index (χ4n) is 2.05. The Morgan fingerprint density at radius 2 is 2.06 bits per heavy atom. The fourth-order valence-corrected chi connectivity index (χ4v) is 2.05. The summed E-state index contributed by atoms with van der Waals surface area (Å²) in [4.78, 5) is 0. The standard InChI is InChI=1S/C14H21N3/c1-4-17-14-8-6-5-7-12(14)13(16-17)10-15-9-11(2)3/h5-8,11,15H,4,9-10H2,1-3H3. The summed E-state index contributed by atoms with van der Waals surface area (Å²) in [5, 5.41) is 9.38. The number of nitrogens with one attached hydrogen (secondary N) is 1. The molecule has 0 saturated carbocycles. The topological polar surface area (TPSA) is 29.9 Å². The van der Waals surface area contributed by atoms with Crippen molar-refractivity contribution in [2.45, 2.75) is 33.9 Å². The maximum absolute atomic E-state index is 4.66. The number of aromatic nitrogens is 2. The Bertz CT molecular complexity index is 485. The van der Waals surface area contributed by atoms with E-state index in [9.17, 15) is 0 Å². The van der Waals surface area contributed by atoms with Gasteiger partial charge in [0.1, 0.15) is 0 Å². The van der Waals surface area contributed by atoms with Crippen LogP contribution in [0.5, 0.6) is 0 Å². The molecule has 1 heterocycles. The van der Waals surface area contributed by atoms with Gasteiger partial charge in [-0.3, -0.25) is 4.68 Å². The van der Waals surface area contributed by atoms with Gasteiger partial charge >= 0.3 is 0 Å². The minimum Gasteiger partial charge on any atom is -0.311 e. The smallest absolute Gasteiger partial charge is 0.0841 e. The molecular weight excluding hydrogens is 210 g/mol. The van der Waals surface area contributed by atoms with E-state index < -0.39 is 0 Å². The molecule has 0 atom stereocenters. The molecule has 0 aliphatic rings. The summed E-state index contributed by atoms with van der Waals surface area (Å²) < 4.78 is 2.07. The molecule has 0 aliphatic heterocycles. The molecule has 1 aromatic heterocycles. The number of nitrogens with zero attached hydrogens (tertiary/aromatic N) is 2. The molecule has 2 aromatic rings. The lowest BCUT2D eigenvalue weighted by atomic mass is 10.2. The van der Waals surface area contributed by atoms with E-state index in [4.69, 9.17) is 0 Å². The Balaban J connectivity index is 2.22. The third-order valence-corrected chi connectivity index (χ3v) is 2.88. The van der Waals surface area contributed by atoms with Crippen molar-refractivity contribution in [3.63, 3.8) is 0 Å². The molecule has 3 heteroatoms. The molecule has 0 amide bonds. The fraction of sp³-hybridized carbons (Fsp3) is 0.500. The molecule has 0 spiro atoms. The van der Waals surface area contributed by atoms with Crippen molar-refractivity contribution in [1.82, 2.24) is 15.1 Å². The van der Waals surface area contributed by atoms with Crippen LogP contribution >= 0.6 is 0 Å². The largest absolute Gasteiger partial charge is 0.311 e. The van der Waals surface area contributed by atoms with E-state index in [1.807, 2.05) is 0 Å². The summed E-state index contributed by atoms with van der Waals surface area (Å²) in [5.41, 5.74) is 2.39. The summed E-state index contributed by atoms with van der Waals surface area (Å²) in [6.07, 6.45) is 0. The van der Waals surface area contributed by atoms with Gasteiger partial charge in [-0.05, 0) is 25.5 Å². The monoisotopic (exact) mass is 231 g/mol. The van der Waals surface area contributed by atoms with E-state index in [2.05, 4.69) is 60.1 Å². The van der Waals surface area contributed by atoms with E-state index in [1.165, 1.54) is 10.9 Å². The molecule has 0 aliphatic carbocycles. The van der Waals surface area contributed by atoms with Crippen LogP contribution in [0, 0.1) is 5.92 Å². The second-order valence-electron chi connectivity index (χ2n) is 4.80. The van der Waals surface area contributed by atoms with Crippen molar-refractivity contribution in [1.29, 1.82) is 0 Å². The second-order valence-corrected chi connectivity index (χ2v) is 4.80. The van der Waals surface area contributed by atoms with Crippen molar-refractivity contribution in [3.8, 4) is 0 Å². The van der Waals surface area contributed by atoms with Crippen LogP contribution in [0.4, 0.5) is 0 Å². The third kappa shape index (κ3) is 2.67. The van der Waals surface area contributed by atoms with E-state index >= 15 is 0 Å². The van der Waals surface area contributed by atoms with Crippen molar-refractivity contribution in [2.75, 3.05) is 6.54 Å². The molecule has 1 aromatic carbocycles. The van der Waals surface area contributed by atoms with Crippen LogP contribution < -0.4 is 5.32 Å². The zero-order valence-electron chi connectivity index (χ0n) is 10.9. The number of para-hydroxylation sites is 1. The normalized spacial score (nSPS) is 11.5. The van der Waals surface area contributed by atoms with E-state index in [0.717, 1.165) is 25.3 Å². The number of benzene rings is 1. The minimum atomic E-state index is 0.675. The molecular formula is C14H21N3. The van der Waals surface area contributed by atoms with E-state index in [1.54, 1.807) is 0 Å². The Labute approximate surface area is 103 Å². The highest BCUT2D eigenvalue weighted by Crippen LogP contribution is 2.18. The highest BCUT2D eigenvalue weighted by atomic mass is 15.3. The lowest BCUT2D eigenvalue weighted by Gasteiger charge is -2.05.